The quantitative estimate of drug-likeness (QED) is 0.0353. The summed E-state index contributed by atoms with van der Waals surface area (Å²) in [5.74, 6) is -6.68. The maximum absolute atomic E-state index is 15.1. The molecule has 24 heteroatoms. The highest BCUT2D eigenvalue weighted by molar-refractivity contribution is 7.98. The third-order valence-electron chi connectivity index (χ3n) is 14.0. The highest BCUT2D eigenvalue weighted by Crippen LogP contribution is 2.23. The van der Waals surface area contributed by atoms with Crippen LogP contribution in [0.3, 0.4) is 0 Å². The molecule has 15 N–H and O–H groups in total. The molecule has 8 rings (SSSR count). The topological polar surface area (TPSA) is 375 Å². The minimum absolute atomic E-state index is 0.0240. The molecule has 0 aliphatic carbocycles. The van der Waals surface area contributed by atoms with Crippen molar-refractivity contribution in [1.82, 2.24) is 52.2 Å². The van der Waals surface area contributed by atoms with Gasteiger partial charge in [0.1, 0.15) is 42.3 Å². The van der Waals surface area contributed by atoms with E-state index in [1.807, 2.05) is 79.1 Å². The van der Waals surface area contributed by atoms with Crippen molar-refractivity contribution in [3.63, 3.8) is 0 Å². The molecule has 83 heavy (non-hydrogen) atoms. The Balaban J connectivity index is 0.00000240. The van der Waals surface area contributed by atoms with Crippen LogP contribution in [0.1, 0.15) is 61.3 Å². The number of fused-ring (bicyclic) bond motifs is 3. The van der Waals surface area contributed by atoms with Gasteiger partial charge in [0.25, 0.3) is 5.97 Å². The fraction of sp³-hybridized carbons (Fsp3) is 0.322. The second kappa shape index (κ2) is 29.3. The number of amides is 9. The Morgan fingerprint density at radius 3 is 1.31 bits per heavy atom. The third-order valence-corrected chi connectivity index (χ3v) is 14.7. The van der Waals surface area contributed by atoms with Crippen molar-refractivity contribution < 1.29 is 53.1 Å². The number of benzene rings is 4. The second-order valence-electron chi connectivity index (χ2n) is 20.1. The second-order valence-corrected chi connectivity index (χ2v) is 21.1. The van der Waals surface area contributed by atoms with E-state index in [1.165, 1.54) is 11.8 Å². The van der Waals surface area contributed by atoms with Crippen molar-refractivity contribution in [2.75, 3.05) is 12.0 Å². The Labute approximate surface area is 481 Å². The lowest BCUT2D eigenvalue weighted by Gasteiger charge is -2.28. The summed E-state index contributed by atoms with van der Waals surface area (Å²) < 4.78 is 0. The highest BCUT2D eigenvalue weighted by Gasteiger charge is 2.36. The monoisotopic (exact) mass is 1150 g/mol. The van der Waals surface area contributed by atoms with E-state index in [2.05, 4.69) is 52.2 Å². The molecule has 0 spiro atoms. The van der Waals surface area contributed by atoms with Gasteiger partial charge < -0.3 is 68.7 Å². The van der Waals surface area contributed by atoms with Gasteiger partial charge in [-0.25, -0.2) is 0 Å². The SMILES string of the molecule is CC(=O)O.CSCC[C@H](NC(=O)[C@@H](Cc1c[nH]c2ccccc12)NC(=O)[C@@H](Cc1c[nH]c2ccccc12)NC(=O)[C@H](Cc1ccccc1)NC(=O)[C@@H](Cc1c[nH]c2ccccc12)NC(=O)[C@H](CCC(N)=O)NC(=O)[C@@H]1CCC(=O)N1)C(N)=O. The largest absolute Gasteiger partial charge is 0.481 e. The molecule has 1 aliphatic heterocycles. The summed E-state index contributed by atoms with van der Waals surface area (Å²) >= 11 is 1.47. The Hall–Kier alpha value is -9.45. The van der Waals surface area contributed by atoms with Gasteiger partial charge in [-0.3, -0.25) is 47.9 Å². The molecule has 7 atom stereocenters. The molecule has 0 unspecified atom stereocenters. The fourth-order valence-corrected chi connectivity index (χ4v) is 10.2. The Morgan fingerprint density at radius 2 is 0.928 bits per heavy atom. The zero-order chi connectivity index (χ0) is 59.6. The molecule has 1 saturated heterocycles. The van der Waals surface area contributed by atoms with E-state index in [0.29, 0.717) is 28.0 Å². The van der Waals surface area contributed by atoms with Crippen molar-refractivity contribution in [1.29, 1.82) is 0 Å². The number of rotatable bonds is 27. The van der Waals surface area contributed by atoms with Crippen LogP contribution in [0.4, 0.5) is 0 Å². The summed E-state index contributed by atoms with van der Waals surface area (Å²) in [5.41, 5.74) is 16.1. The minimum Gasteiger partial charge on any atom is -0.481 e. The van der Waals surface area contributed by atoms with Crippen molar-refractivity contribution in [2.24, 2.45) is 11.5 Å². The molecule has 0 radical (unpaired) electrons. The Kier molecular flexibility index (Phi) is 21.6. The van der Waals surface area contributed by atoms with E-state index >= 15 is 14.4 Å². The van der Waals surface area contributed by atoms with Crippen LogP contribution < -0.4 is 48.7 Å². The van der Waals surface area contributed by atoms with Gasteiger partial charge in [0.05, 0.1) is 0 Å². The van der Waals surface area contributed by atoms with Gasteiger partial charge in [0.15, 0.2) is 0 Å². The van der Waals surface area contributed by atoms with Gasteiger partial charge >= 0.3 is 0 Å². The number of H-pyrrole nitrogens is 3. The third kappa shape index (κ3) is 17.3. The van der Waals surface area contributed by atoms with Gasteiger partial charge in [-0.15, -0.1) is 0 Å². The van der Waals surface area contributed by atoms with Crippen molar-refractivity contribution in [3.05, 3.63) is 144 Å². The first-order chi connectivity index (χ1) is 39.9. The lowest BCUT2D eigenvalue weighted by molar-refractivity contribution is -0.135. The first kappa shape index (κ1) is 61.2. The van der Waals surface area contributed by atoms with Gasteiger partial charge in [-0.05, 0) is 71.7 Å². The molecule has 7 aromatic rings. The number of hydrogen-bond donors (Lipinski definition) is 13. The van der Waals surface area contributed by atoms with Gasteiger partial charge in [-0.2, -0.15) is 11.8 Å². The molecule has 0 bridgehead atoms. The lowest BCUT2D eigenvalue weighted by atomic mass is 9.99. The van der Waals surface area contributed by atoms with Crippen molar-refractivity contribution in [2.45, 2.75) is 107 Å². The van der Waals surface area contributed by atoms with E-state index in [0.717, 1.165) is 39.6 Å². The molecule has 3 aromatic heterocycles. The minimum atomic E-state index is -1.41. The number of nitrogens with one attached hydrogen (secondary N) is 10. The van der Waals surface area contributed by atoms with Crippen LogP contribution in [0.25, 0.3) is 32.7 Å². The summed E-state index contributed by atoms with van der Waals surface area (Å²) in [5, 5.41) is 29.1. The van der Waals surface area contributed by atoms with Crippen LogP contribution in [0.5, 0.6) is 0 Å². The normalized spacial score (nSPS) is 15.0. The number of primary amides is 2. The number of thioether (sulfide) groups is 1. The van der Waals surface area contributed by atoms with E-state index in [4.69, 9.17) is 21.4 Å². The highest BCUT2D eigenvalue weighted by atomic mass is 32.2. The summed E-state index contributed by atoms with van der Waals surface area (Å²) in [7, 11) is 0. The molecule has 436 valence electrons. The molecule has 23 nitrogen and oxygen atoms in total. The molecule has 4 heterocycles. The van der Waals surface area contributed by atoms with Crippen LogP contribution in [0, 0.1) is 0 Å². The summed E-state index contributed by atoms with van der Waals surface area (Å²) in [6, 6.07) is 22.2. The predicted molar refractivity (Wildman–Crippen MR) is 313 cm³/mol. The number of carboxylic acids is 1. The fourth-order valence-electron chi connectivity index (χ4n) is 9.77. The number of aliphatic carboxylic acids is 1. The molecule has 1 fully saturated rings. The first-order valence-electron chi connectivity index (χ1n) is 26.9. The molecular formula is C59H68N12O11S. The standard InChI is InChI=1S/C57H64N12O9S.C2H4O2/c1-79-24-23-42(51(59)72)64-55(76)46(26-33-29-60-39-16-8-5-13-36(33)39)69-57(78)48(28-35-31-62-41-18-10-7-15-38(35)41)68-54(75)45(25-32-11-3-2-4-12-32)66-56(77)47(27-34-30-61-40-17-9-6-14-37(34)40)67-53(74)44(19-21-49(58)70)65-52(73)43-20-22-50(71)63-43;1-2(3)4/h2-18,29-31,42-48,60-62H,19-28H2,1H3,(H2,58,70)(H2,59,72)(H,63,71)(H,64,76)(H,65,73)(H,66,77)(H,67,74)(H,68,75)(H,69,78);1H3,(H,3,4)/t42-,43-,44-,45-,46+,47+,48+;/m0./s1. The van der Waals surface area contributed by atoms with Gasteiger partial charge in [0, 0.05) is 96.7 Å². The summed E-state index contributed by atoms with van der Waals surface area (Å²) in [6.45, 7) is 1.08. The zero-order valence-electron chi connectivity index (χ0n) is 45.8. The van der Waals surface area contributed by atoms with Crippen LogP contribution >= 0.6 is 11.8 Å². The number of para-hydroxylation sites is 3. The Bertz CT molecular complexity index is 3470. The van der Waals surface area contributed by atoms with Gasteiger partial charge in [0.2, 0.25) is 53.2 Å². The smallest absolute Gasteiger partial charge is 0.300 e. The average Bonchev–Trinajstić information content (AvgIpc) is 4.51. The Morgan fingerprint density at radius 1 is 0.542 bits per heavy atom. The van der Waals surface area contributed by atoms with Crippen LogP contribution in [-0.2, 0) is 73.6 Å². The van der Waals surface area contributed by atoms with Crippen LogP contribution in [0.15, 0.2) is 122 Å². The van der Waals surface area contributed by atoms with Gasteiger partial charge in [-0.1, -0.05) is 84.9 Å². The number of aromatic nitrogens is 3. The average molecular weight is 1150 g/mol. The van der Waals surface area contributed by atoms with E-state index in [1.54, 1.807) is 48.9 Å². The number of aromatic amines is 3. The lowest BCUT2D eigenvalue weighted by Crippen LogP contribution is -2.61. The molecule has 9 amide bonds. The number of nitrogens with two attached hydrogens (primary N) is 2. The zero-order valence-corrected chi connectivity index (χ0v) is 46.6. The number of carboxylic acid groups (broad SMARTS) is 1. The van der Waals surface area contributed by atoms with Crippen molar-refractivity contribution in [3.8, 4) is 0 Å². The predicted octanol–water partition coefficient (Wildman–Crippen LogP) is 2.18. The number of carbonyl (C=O) groups excluding carboxylic acids is 9. The van der Waals surface area contributed by atoms with E-state index in [-0.39, 0.29) is 63.7 Å². The van der Waals surface area contributed by atoms with Crippen LogP contribution in [0.2, 0.25) is 0 Å². The molecular weight excluding hydrogens is 1080 g/mol. The van der Waals surface area contributed by atoms with Crippen LogP contribution in [-0.4, -0.2) is 133 Å². The first-order valence-corrected chi connectivity index (χ1v) is 28.3. The van der Waals surface area contributed by atoms with E-state index < -0.39 is 95.5 Å². The van der Waals surface area contributed by atoms with E-state index in [9.17, 15) is 28.8 Å². The summed E-state index contributed by atoms with van der Waals surface area (Å²) in [4.78, 5) is 143. The maximum atomic E-state index is 15.1. The molecule has 4 aromatic carbocycles. The maximum Gasteiger partial charge on any atom is 0.300 e. The number of hydrogen-bond acceptors (Lipinski definition) is 11. The number of carbonyl (C=O) groups is 10. The summed E-state index contributed by atoms with van der Waals surface area (Å²) in [6.07, 6.45) is 6.69. The molecule has 0 saturated carbocycles. The molecule has 1 aliphatic rings. The van der Waals surface area contributed by atoms with Crippen molar-refractivity contribution >= 4 is 104 Å².